The molecule has 0 radical (unpaired) electrons. The van der Waals surface area contributed by atoms with E-state index in [1.165, 1.54) is 32.4 Å². The molecule has 0 amide bonds. The summed E-state index contributed by atoms with van der Waals surface area (Å²) < 4.78 is 37.8. The summed E-state index contributed by atoms with van der Waals surface area (Å²) in [4.78, 5) is 20.0. The van der Waals surface area contributed by atoms with Gasteiger partial charge in [0.2, 0.25) is 10.0 Å². The number of benzene rings is 1. The minimum absolute atomic E-state index is 0.0221. The number of methoxy groups -OCH3 is 2. The highest BCUT2D eigenvalue weighted by atomic mass is 32.2. The molecule has 2 aromatic heterocycles. The van der Waals surface area contributed by atoms with Gasteiger partial charge in [0.15, 0.2) is 0 Å². The molecule has 150 valence electrons. The van der Waals surface area contributed by atoms with Gasteiger partial charge in [-0.15, -0.1) is 0 Å². The molecule has 0 fully saturated rings. The zero-order valence-corrected chi connectivity index (χ0v) is 16.6. The lowest BCUT2D eigenvalue weighted by Crippen LogP contribution is -2.24. The first-order valence-corrected chi connectivity index (χ1v) is 10.0. The number of carbonyl (C=O) groups excluding carboxylic acids is 1. The van der Waals surface area contributed by atoms with Crippen LogP contribution in [0.4, 0.5) is 0 Å². The monoisotopic (exact) mass is 413 g/mol. The Labute approximate surface area is 168 Å². The van der Waals surface area contributed by atoms with Crippen molar-refractivity contribution in [3.8, 4) is 17.0 Å². The molecule has 0 aliphatic carbocycles. The molecule has 3 aromatic rings. The zero-order valence-electron chi connectivity index (χ0n) is 15.8. The summed E-state index contributed by atoms with van der Waals surface area (Å²) in [6.07, 6.45) is 4.97. The second kappa shape index (κ2) is 8.80. The van der Waals surface area contributed by atoms with E-state index in [-0.39, 0.29) is 22.8 Å². The van der Waals surface area contributed by atoms with Crippen molar-refractivity contribution >= 4 is 16.0 Å². The van der Waals surface area contributed by atoms with Gasteiger partial charge < -0.3 is 9.47 Å². The Morgan fingerprint density at radius 2 is 1.93 bits per heavy atom. The van der Waals surface area contributed by atoms with Gasteiger partial charge in [0.1, 0.15) is 10.6 Å². The van der Waals surface area contributed by atoms with Crippen LogP contribution in [0.3, 0.4) is 0 Å². The lowest BCUT2D eigenvalue weighted by Gasteiger charge is -2.12. The molecule has 0 spiro atoms. The molecule has 0 aliphatic rings. The molecule has 0 bridgehead atoms. The molecule has 1 N–H and O–H groups in total. The number of rotatable bonds is 7. The van der Waals surface area contributed by atoms with Crippen molar-refractivity contribution in [3.63, 3.8) is 0 Å². The van der Waals surface area contributed by atoms with Crippen molar-refractivity contribution < 1.29 is 22.7 Å². The van der Waals surface area contributed by atoms with Gasteiger partial charge in [0.05, 0.1) is 25.5 Å². The maximum Gasteiger partial charge on any atom is 0.337 e. The van der Waals surface area contributed by atoms with Gasteiger partial charge >= 0.3 is 5.97 Å². The second-order valence-corrected chi connectivity index (χ2v) is 7.71. The van der Waals surface area contributed by atoms with Crippen LogP contribution in [-0.2, 0) is 21.3 Å². The molecular weight excluding hydrogens is 394 g/mol. The fraction of sp³-hybridized carbons (Fsp3) is 0.150. The molecule has 1 aromatic carbocycles. The van der Waals surface area contributed by atoms with E-state index in [1.54, 1.807) is 30.7 Å². The number of hydrogen-bond donors (Lipinski definition) is 1. The van der Waals surface area contributed by atoms with E-state index in [0.717, 1.165) is 11.3 Å². The van der Waals surface area contributed by atoms with Crippen LogP contribution in [0.1, 0.15) is 15.9 Å². The van der Waals surface area contributed by atoms with Crippen LogP contribution in [0.5, 0.6) is 5.75 Å². The summed E-state index contributed by atoms with van der Waals surface area (Å²) in [5.74, 6) is -0.519. The second-order valence-electron chi connectivity index (χ2n) is 5.98. The predicted octanol–water partition coefficient (Wildman–Crippen LogP) is 2.42. The first kappa shape index (κ1) is 20.4. The third-order valence-electron chi connectivity index (χ3n) is 4.12. The minimum Gasteiger partial charge on any atom is -0.495 e. The van der Waals surface area contributed by atoms with Crippen LogP contribution in [0.25, 0.3) is 11.3 Å². The van der Waals surface area contributed by atoms with Crippen LogP contribution in [0.2, 0.25) is 0 Å². The Hall–Kier alpha value is -3.30. The molecule has 0 saturated heterocycles. The number of nitrogens with one attached hydrogen (secondary N) is 1. The Balaban J connectivity index is 1.79. The van der Waals surface area contributed by atoms with E-state index < -0.39 is 16.0 Å². The lowest BCUT2D eigenvalue weighted by atomic mass is 10.1. The van der Waals surface area contributed by atoms with E-state index in [1.807, 2.05) is 12.1 Å². The summed E-state index contributed by atoms with van der Waals surface area (Å²) in [7, 11) is -1.37. The van der Waals surface area contributed by atoms with Crippen molar-refractivity contribution in [1.29, 1.82) is 0 Å². The lowest BCUT2D eigenvalue weighted by molar-refractivity contribution is 0.0600. The third kappa shape index (κ3) is 4.76. The molecule has 3 rings (SSSR count). The minimum atomic E-state index is -3.95. The summed E-state index contributed by atoms with van der Waals surface area (Å²) >= 11 is 0. The molecule has 29 heavy (non-hydrogen) atoms. The van der Waals surface area contributed by atoms with E-state index in [9.17, 15) is 13.2 Å². The number of carbonyl (C=O) groups is 1. The number of hydrogen-bond acceptors (Lipinski definition) is 7. The molecule has 0 unspecified atom stereocenters. The normalized spacial score (nSPS) is 11.1. The Bertz CT molecular complexity index is 1100. The topological polar surface area (TPSA) is 107 Å². The number of pyridine rings is 2. The Morgan fingerprint density at radius 1 is 1.10 bits per heavy atom. The van der Waals surface area contributed by atoms with Gasteiger partial charge in [0.25, 0.3) is 0 Å². The Morgan fingerprint density at radius 3 is 2.55 bits per heavy atom. The summed E-state index contributed by atoms with van der Waals surface area (Å²) in [6, 6.07) is 11.3. The smallest absolute Gasteiger partial charge is 0.337 e. The van der Waals surface area contributed by atoms with Gasteiger partial charge in [-0.05, 0) is 42.0 Å². The summed E-state index contributed by atoms with van der Waals surface area (Å²) in [5.41, 5.74) is 2.38. The van der Waals surface area contributed by atoms with Crippen LogP contribution < -0.4 is 9.46 Å². The van der Waals surface area contributed by atoms with Crippen molar-refractivity contribution in [2.24, 2.45) is 0 Å². The van der Waals surface area contributed by atoms with E-state index in [4.69, 9.17) is 4.74 Å². The number of ether oxygens (including phenoxy) is 2. The highest BCUT2D eigenvalue weighted by molar-refractivity contribution is 7.89. The van der Waals surface area contributed by atoms with Gasteiger partial charge in [-0.25, -0.2) is 17.9 Å². The fourth-order valence-electron chi connectivity index (χ4n) is 2.60. The molecule has 0 atom stereocenters. The highest BCUT2D eigenvalue weighted by Gasteiger charge is 2.22. The largest absolute Gasteiger partial charge is 0.495 e. The molecular formula is C20H19N3O5S. The quantitative estimate of drug-likeness (QED) is 0.593. The van der Waals surface area contributed by atoms with Gasteiger partial charge in [0, 0.05) is 30.7 Å². The summed E-state index contributed by atoms with van der Waals surface area (Å²) in [5, 5.41) is 0. The van der Waals surface area contributed by atoms with E-state index >= 15 is 0 Å². The third-order valence-corrected chi connectivity index (χ3v) is 5.55. The molecule has 9 heteroatoms. The first-order chi connectivity index (χ1) is 13.9. The highest BCUT2D eigenvalue weighted by Crippen LogP contribution is 2.25. The number of nitrogens with zero attached hydrogens (tertiary/aromatic N) is 2. The van der Waals surface area contributed by atoms with Crippen molar-refractivity contribution in [2.45, 2.75) is 11.4 Å². The fourth-order valence-corrected chi connectivity index (χ4v) is 3.81. The van der Waals surface area contributed by atoms with Gasteiger partial charge in [-0.3, -0.25) is 9.97 Å². The molecule has 8 nitrogen and oxygen atoms in total. The van der Waals surface area contributed by atoms with Crippen molar-refractivity contribution in [3.05, 3.63) is 72.2 Å². The Kier molecular flexibility index (Phi) is 6.20. The number of aromatic nitrogens is 2. The molecule has 0 saturated carbocycles. The molecule has 0 aliphatic heterocycles. The average molecular weight is 413 g/mol. The maximum atomic E-state index is 12.8. The van der Waals surface area contributed by atoms with E-state index in [0.29, 0.717) is 5.56 Å². The maximum absolute atomic E-state index is 12.8. The summed E-state index contributed by atoms with van der Waals surface area (Å²) in [6.45, 7) is 0.0221. The van der Waals surface area contributed by atoms with Gasteiger partial charge in [-0.2, -0.15) is 0 Å². The standard InChI is InChI=1S/C20H19N3O5S/c1-27-18-8-6-15(20(24)28-2)10-19(18)29(25,26)23-12-14-5-7-17(22-11-14)16-4-3-9-21-13-16/h3-11,13,23H,12H2,1-2H3. The SMILES string of the molecule is COC(=O)c1ccc(OC)c(S(=O)(=O)NCc2ccc(-c3cccnc3)nc2)c1. The molecule has 2 heterocycles. The van der Waals surface area contributed by atoms with Crippen LogP contribution >= 0.6 is 0 Å². The van der Waals surface area contributed by atoms with Crippen LogP contribution in [0, 0.1) is 0 Å². The average Bonchev–Trinajstić information content (AvgIpc) is 2.77. The first-order valence-electron chi connectivity index (χ1n) is 8.56. The zero-order chi connectivity index (χ0) is 20.9. The van der Waals surface area contributed by atoms with Crippen LogP contribution in [-0.4, -0.2) is 38.6 Å². The van der Waals surface area contributed by atoms with Crippen LogP contribution in [0.15, 0.2) is 66.0 Å². The van der Waals surface area contributed by atoms with Crippen molar-refractivity contribution in [2.75, 3.05) is 14.2 Å². The van der Waals surface area contributed by atoms with Crippen molar-refractivity contribution in [1.82, 2.24) is 14.7 Å². The van der Waals surface area contributed by atoms with Gasteiger partial charge in [-0.1, -0.05) is 6.07 Å². The predicted molar refractivity (Wildman–Crippen MR) is 106 cm³/mol. The number of sulfonamides is 1. The number of esters is 1. The van der Waals surface area contributed by atoms with E-state index in [2.05, 4.69) is 19.4 Å².